The van der Waals surface area contributed by atoms with Crippen LogP contribution in [0, 0.1) is 11.6 Å². The van der Waals surface area contributed by atoms with Crippen LogP contribution in [0.25, 0.3) is 0 Å². The molecule has 18 heavy (non-hydrogen) atoms. The molecule has 0 aliphatic carbocycles. The molecule has 3 nitrogen and oxygen atoms in total. The number of amides is 1. The quantitative estimate of drug-likeness (QED) is 0.877. The topological polar surface area (TPSA) is 40.5 Å². The van der Waals surface area contributed by atoms with Crippen molar-refractivity contribution in [3.05, 3.63) is 35.4 Å². The fourth-order valence-corrected chi connectivity index (χ4v) is 2.30. The van der Waals surface area contributed by atoms with Crippen molar-refractivity contribution in [2.75, 3.05) is 13.2 Å². The zero-order chi connectivity index (χ0) is 13.1. The van der Waals surface area contributed by atoms with Gasteiger partial charge in [0.15, 0.2) is 0 Å². The van der Waals surface area contributed by atoms with Crippen LogP contribution in [0.4, 0.5) is 8.78 Å². The van der Waals surface area contributed by atoms with E-state index in [1.165, 1.54) is 11.0 Å². The van der Waals surface area contributed by atoms with Crippen LogP contribution in [-0.4, -0.2) is 35.1 Å². The third-order valence-corrected chi connectivity index (χ3v) is 3.28. The number of aliphatic hydroxyl groups is 1. The minimum Gasteiger partial charge on any atom is -0.394 e. The van der Waals surface area contributed by atoms with E-state index in [0.717, 1.165) is 25.0 Å². The summed E-state index contributed by atoms with van der Waals surface area (Å²) in [5, 5.41) is 9.21. The molecule has 98 valence electrons. The first-order valence-electron chi connectivity index (χ1n) is 6.01. The number of carbonyl (C=O) groups is 1. The van der Waals surface area contributed by atoms with Crippen molar-refractivity contribution in [3.8, 4) is 0 Å². The van der Waals surface area contributed by atoms with Gasteiger partial charge in [0.25, 0.3) is 5.91 Å². The van der Waals surface area contributed by atoms with Crippen LogP contribution in [0.5, 0.6) is 0 Å². The van der Waals surface area contributed by atoms with Crippen LogP contribution in [0.15, 0.2) is 18.2 Å². The molecule has 2 rings (SSSR count). The van der Waals surface area contributed by atoms with E-state index in [1.807, 2.05) is 0 Å². The maximum Gasteiger partial charge on any atom is 0.260 e. The van der Waals surface area contributed by atoms with Gasteiger partial charge >= 0.3 is 0 Å². The number of likely N-dealkylation sites (tertiary alicyclic amines) is 1. The number of carbonyl (C=O) groups excluding carboxylic acids is 1. The Morgan fingerprint density at radius 3 is 2.61 bits per heavy atom. The molecule has 1 atom stereocenters. The summed E-state index contributed by atoms with van der Waals surface area (Å²) in [4.78, 5) is 13.5. The van der Waals surface area contributed by atoms with Crippen molar-refractivity contribution >= 4 is 5.91 Å². The number of halogens is 2. The summed E-state index contributed by atoms with van der Waals surface area (Å²) in [7, 11) is 0. The van der Waals surface area contributed by atoms with Gasteiger partial charge < -0.3 is 10.0 Å². The van der Waals surface area contributed by atoms with Crippen LogP contribution in [0.2, 0.25) is 0 Å². The summed E-state index contributed by atoms with van der Waals surface area (Å²) < 4.78 is 27.1. The first-order valence-corrected chi connectivity index (χ1v) is 6.01. The highest BCUT2D eigenvalue weighted by atomic mass is 19.1. The van der Waals surface area contributed by atoms with E-state index < -0.39 is 23.1 Å². The highest BCUT2D eigenvalue weighted by Crippen LogP contribution is 2.22. The summed E-state index contributed by atoms with van der Waals surface area (Å²) in [5.74, 6) is -2.39. The van der Waals surface area contributed by atoms with Crippen molar-refractivity contribution in [1.82, 2.24) is 4.90 Å². The number of nitrogens with zero attached hydrogens (tertiary/aromatic N) is 1. The lowest BCUT2D eigenvalue weighted by atomic mass is 10.0. The molecule has 1 fully saturated rings. The second kappa shape index (κ2) is 5.44. The highest BCUT2D eigenvalue weighted by Gasteiger charge is 2.30. The van der Waals surface area contributed by atoms with E-state index in [4.69, 9.17) is 0 Å². The molecule has 1 unspecified atom stereocenters. The van der Waals surface area contributed by atoms with Crippen molar-refractivity contribution in [3.63, 3.8) is 0 Å². The lowest BCUT2D eigenvalue weighted by Crippen LogP contribution is -2.46. The highest BCUT2D eigenvalue weighted by molar-refractivity contribution is 5.95. The Morgan fingerprint density at radius 2 is 2.00 bits per heavy atom. The van der Waals surface area contributed by atoms with Crippen molar-refractivity contribution in [2.24, 2.45) is 0 Å². The Kier molecular flexibility index (Phi) is 3.91. The van der Waals surface area contributed by atoms with Crippen LogP contribution in [0.3, 0.4) is 0 Å². The van der Waals surface area contributed by atoms with Crippen molar-refractivity contribution in [1.29, 1.82) is 0 Å². The van der Waals surface area contributed by atoms with Crippen LogP contribution in [-0.2, 0) is 0 Å². The number of hydrogen-bond acceptors (Lipinski definition) is 2. The van der Waals surface area contributed by atoms with E-state index in [1.54, 1.807) is 0 Å². The molecule has 0 bridgehead atoms. The molecular weight excluding hydrogens is 240 g/mol. The predicted octanol–water partition coefficient (Wildman–Crippen LogP) is 1.95. The largest absolute Gasteiger partial charge is 0.394 e. The van der Waals surface area contributed by atoms with Gasteiger partial charge in [-0.3, -0.25) is 4.79 Å². The standard InChI is InChI=1S/C13H15F2NO2/c14-10-5-3-6-11(15)12(10)13(18)16-7-2-1-4-9(16)8-17/h3,5-6,9,17H,1-2,4,7-8H2. The number of benzene rings is 1. The predicted molar refractivity (Wildman–Crippen MR) is 62.1 cm³/mol. The molecule has 1 aromatic carbocycles. The first kappa shape index (κ1) is 13.0. The molecule has 5 heteroatoms. The van der Waals surface area contributed by atoms with Gasteiger partial charge in [0.05, 0.1) is 12.6 Å². The van der Waals surface area contributed by atoms with E-state index >= 15 is 0 Å². The Labute approximate surface area is 104 Å². The van der Waals surface area contributed by atoms with Crippen LogP contribution in [0.1, 0.15) is 29.6 Å². The third-order valence-electron chi connectivity index (χ3n) is 3.28. The number of hydrogen-bond donors (Lipinski definition) is 1. The smallest absolute Gasteiger partial charge is 0.260 e. The maximum atomic E-state index is 13.5. The number of aliphatic hydroxyl groups excluding tert-OH is 1. The van der Waals surface area contributed by atoms with E-state index in [0.29, 0.717) is 13.0 Å². The van der Waals surface area contributed by atoms with Gasteiger partial charge in [-0.15, -0.1) is 0 Å². The summed E-state index contributed by atoms with van der Waals surface area (Å²) >= 11 is 0. The van der Waals surface area contributed by atoms with Gasteiger partial charge in [0.1, 0.15) is 17.2 Å². The van der Waals surface area contributed by atoms with Gasteiger partial charge in [0, 0.05) is 6.54 Å². The molecule has 0 spiro atoms. The molecular formula is C13H15F2NO2. The van der Waals surface area contributed by atoms with E-state index in [9.17, 15) is 18.7 Å². The summed E-state index contributed by atoms with van der Waals surface area (Å²) in [5.41, 5.74) is -0.530. The zero-order valence-corrected chi connectivity index (χ0v) is 9.90. The summed E-state index contributed by atoms with van der Waals surface area (Å²) in [6.07, 6.45) is 2.37. The van der Waals surface area contributed by atoms with E-state index in [-0.39, 0.29) is 12.6 Å². The minimum absolute atomic E-state index is 0.179. The lowest BCUT2D eigenvalue weighted by Gasteiger charge is -2.34. The van der Waals surface area contributed by atoms with Crippen molar-refractivity contribution < 1.29 is 18.7 Å². The van der Waals surface area contributed by atoms with Crippen molar-refractivity contribution in [2.45, 2.75) is 25.3 Å². The summed E-state index contributed by atoms with van der Waals surface area (Å²) in [6.45, 7) is 0.250. The molecule has 1 aliphatic heterocycles. The molecule has 1 aromatic rings. The monoisotopic (exact) mass is 255 g/mol. The fraction of sp³-hybridized carbons (Fsp3) is 0.462. The molecule has 0 aromatic heterocycles. The molecule has 1 N–H and O–H groups in total. The Bertz CT molecular complexity index is 430. The normalized spacial score (nSPS) is 19.9. The van der Waals surface area contributed by atoms with Gasteiger partial charge in [-0.1, -0.05) is 6.07 Å². The number of rotatable bonds is 2. The van der Waals surface area contributed by atoms with Gasteiger partial charge in [-0.2, -0.15) is 0 Å². The molecule has 0 radical (unpaired) electrons. The second-order valence-corrected chi connectivity index (χ2v) is 4.43. The molecule has 1 saturated heterocycles. The number of piperidine rings is 1. The maximum absolute atomic E-state index is 13.5. The average Bonchev–Trinajstić information content (AvgIpc) is 2.38. The van der Waals surface area contributed by atoms with Gasteiger partial charge in [0.2, 0.25) is 0 Å². The van der Waals surface area contributed by atoms with Gasteiger partial charge in [-0.25, -0.2) is 8.78 Å². The average molecular weight is 255 g/mol. The second-order valence-electron chi connectivity index (χ2n) is 4.43. The molecule has 1 heterocycles. The van der Waals surface area contributed by atoms with Crippen LogP contribution < -0.4 is 0 Å². The van der Waals surface area contributed by atoms with Gasteiger partial charge in [-0.05, 0) is 31.4 Å². The molecule has 1 aliphatic rings. The third kappa shape index (κ3) is 2.36. The summed E-state index contributed by atoms with van der Waals surface area (Å²) in [6, 6.07) is 3.01. The Hall–Kier alpha value is -1.49. The minimum atomic E-state index is -0.859. The van der Waals surface area contributed by atoms with Crippen LogP contribution >= 0.6 is 0 Å². The molecule has 1 amide bonds. The fourth-order valence-electron chi connectivity index (χ4n) is 2.30. The lowest BCUT2D eigenvalue weighted by molar-refractivity contribution is 0.0493. The Morgan fingerprint density at radius 1 is 1.33 bits per heavy atom. The Balaban J connectivity index is 2.30. The SMILES string of the molecule is O=C(c1c(F)cccc1F)N1CCCCC1CO. The van der Waals surface area contributed by atoms with E-state index in [2.05, 4.69) is 0 Å². The zero-order valence-electron chi connectivity index (χ0n) is 9.90. The first-order chi connectivity index (χ1) is 8.65. The molecule has 0 saturated carbocycles.